The summed E-state index contributed by atoms with van der Waals surface area (Å²) in [6.07, 6.45) is 0. The second-order valence-corrected chi connectivity index (χ2v) is 4.83. The van der Waals surface area contributed by atoms with Crippen molar-refractivity contribution in [3.05, 3.63) is 33.8 Å². The van der Waals surface area contributed by atoms with Crippen molar-refractivity contribution in [1.29, 1.82) is 0 Å². The number of nitrogens with zero attached hydrogens (tertiary/aromatic N) is 1. The van der Waals surface area contributed by atoms with Crippen LogP contribution in [0.25, 0.3) is 0 Å². The first-order chi connectivity index (χ1) is 8.04. The summed E-state index contributed by atoms with van der Waals surface area (Å²) < 4.78 is 5.45. The van der Waals surface area contributed by atoms with Gasteiger partial charge in [0.05, 0.1) is 13.2 Å². The van der Waals surface area contributed by atoms with Gasteiger partial charge in [0.15, 0.2) is 0 Å². The fraction of sp³-hybridized carbons (Fsp3) is 0.333. The Morgan fingerprint density at radius 1 is 1.53 bits per heavy atom. The van der Waals surface area contributed by atoms with Gasteiger partial charge >= 0.3 is 5.97 Å². The third-order valence-corrected chi connectivity index (χ3v) is 3.44. The number of methoxy groups -OCH3 is 1. The summed E-state index contributed by atoms with van der Waals surface area (Å²) in [5, 5.41) is 0. The fourth-order valence-electron chi connectivity index (χ4n) is 1.99. The molecule has 0 spiro atoms. The maximum atomic E-state index is 12.1. The lowest BCUT2D eigenvalue weighted by Gasteiger charge is -2.20. The molecule has 17 heavy (non-hydrogen) atoms. The minimum atomic E-state index is -0.405. The minimum Gasteiger partial charge on any atom is -0.468 e. The number of hydrogen-bond acceptors (Lipinski definition) is 3. The smallest absolute Gasteiger partial charge is 0.325 e. The molecule has 1 aliphatic heterocycles. The number of carbonyl (C=O) groups is 2. The second-order valence-electron chi connectivity index (χ2n) is 3.92. The topological polar surface area (TPSA) is 46.6 Å². The van der Waals surface area contributed by atoms with Gasteiger partial charge in [0.25, 0.3) is 5.91 Å². The van der Waals surface area contributed by atoms with Crippen molar-refractivity contribution >= 4 is 27.8 Å². The molecule has 1 heterocycles. The molecule has 1 aromatic carbocycles. The number of halogens is 1. The van der Waals surface area contributed by atoms with Crippen LogP contribution in [0.2, 0.25) is 0 Å². The lowest BCUT2D eigenvalue weighted by molar-refractivity contribution is -0.141. The van der Waals surface area contributed by atoms with Gasteiger partial charge in [-0.2, -0.15) is 0 Å². The first-order valence-corrected chi connectivity index (χ1v) is 6.01. The average Bonchev–Trinajstić information content (AvgIpc) is 2.54. The highest BCUT2D eigenvalue weighted by Gasteiger charge is 2.35. The third-order valence-electron chi connectivity index (χ3n) is 2.95. The molecule has 0 unspecified atom stereocenters. The molecule has 0 N–H and O–H groups in total. The van der Waals surface area contributed by atoms with E-state index in [4.69, 9.17) is 0 Å². The molecule has 0 saturated heterocycles. The second kappa shape index (κ2) is 4.49. The molecule has 90 valence electrons. The van der Waals surface area contributed by atoms with Gasteiger partial charge in [0.2, 0.25) is 0 Å². The summed E-state index contributed by atoms with van der Waals surface area (Å²) >= 11 is 3.33. The summed E-state index contributed by atoms with van der Waals surface area (Å²) in [6.45, 7) is 1.89. The number of ether oxygens (including phenoxy) is 1. The molecule has 1 aliphatic rings. The van der Waals surface area contributed by atoms with Gasteiger partial charge < -0.3 is 9.64 Å². The van der Waals surface area contributed by atoms with Gasteiger partial charge in [-0.05, 0) is 24.6 Å². The minimum absolute atomic E-state index is 0.0111. The monoisotopic (exact) mass is 297 g/mol. The van der Waals surface area contributed by atoms with Gasteiger partial charge in [-0.15, -0.1) is 0 Å². The Labute approximate surface area is 108 Å². The molecule has 0 aliphatic carbocycles. The zero-order valence-corrected chi connectivity index (χ0v) is 11.2. The Morgan fingerprint density at radius 3 is 2.88 bits per heavy atom. The number of esters is 1. The van der Waals surface area contributed by atoms with E-state index in [2.05, 4.69) is 20.7 Å². The Balaban J connectivity index is 2.32. The average molecular weight is 298 g/mol. The predicted octanol–water partition coefficient (Wildman–Crippen LogP) is 2.14. The number of hydrogen-bond donors (Lipinski definition) is 0. The van der Waals surface area contributed by atoms with E-state index in [1.54, 1.807) is 6.07 Å². The van der Waals surface area contributed by atoms with E-state index >= 15 is 0 Å². The summed E-state index contributed by atoms with van der Waals surface area (Å²) in [6, 6.07) is 5.49. The first kappa shape index (κ1) is 12.1. The van der Waals surface area contributed by atoms with Crippen molar-refractivity contribution in [2.24, 2.45) is 0 Å². The summed E-state index contributed by atoms with van der Waals surface area (Å²) in [4.78, 5) is 24.9. The van der Waals surface area contributed by atoms with E-state index < -0.39 is 5.97 Å². The Kier molecular flexibility index (Phi) is 3.19. The Bertz CT molecular complexity index is 487. The molecule has 1 aromatic rings. The van der Waals surface area contributed by atoms with Gasteiger partial charge in [0.1, 0.15) is 6.54 Å². The first-order valence-electron chi connectivity index (χ1n) is 5.22. The highest BCUT2D eigenvalue weighted by Crippen LogP contribution is 2.34. The number of amides is 1. The highest BCUT2D eigenvalue weighted by atomic mass is 79.9. The van der Waals surface area contributed by atoms with Crippen molar-refractivity contribution in [3.63, 3.8) is 0 Å². The van der Waals surface area contributed by atoms with Gasteiger partial charge in [-0.25, -0.2) is 0 Å². The zero-order valence-electron chi connectivity index (χ0n) is 9.57. The van der Waals surface area contributed by atoms with Crippen LogP contribution in [0.1, 0.15) is 28.9 Å². The van der Waals surface area contributed by atoms with E-state index in [0.717, 1.165) is 10.0 Å². The predicted molar refractivity (Wildman–Crippen MR) is 65.6 cm³/mol. The molecule has 2 rings (SSSR count). The molecule has 0 bridgehead atoms. The Hall–Kier alpha value is -1.36. The van der Waals surface area contributed by atoms with Crippen molar-refractivity contribution in [1.82, 2.24) is 4.90 Å². The number of fused-ring (bicyclic) bond motifs is 1. The van der Waals surface area contributed by atoms with Crippen LogP contribution in [-0.4, -0.2) is 30.4 Å². The number of carbonyl (C=O) groups excluding carboxylic acids is 2. The third kappa shape index (κ3) is 2.07. The van der Waals surface area contributed by atoms with Crippen LogP contribution in [0.4, 0.5) is 0 Å². The highest BCUT2D eigenvalue weighted by molar-refractivity contribution is 9.10. The van der Waals surface area contributed by atoms with Crippen molar-refractivity contribution in [2.45, 2.75) is 13.0 Å². The lowest BCUT2D eigenvalue weighted by Crippen LogP contribution is -2.32. The maximum absolute atomic E-state index is 12.1. The maximum Gasteiger partial charge on any atom is 0.325 e. The van der Waals surface area contributed by atoms with E-state index in [9.17, 15) is 9.59 Å². The summed E-state index contributed by atoms with van der Waals surface area (Å²) in [5.41, 5.74) is 1.60. The molecule has 0 aromatic heterocycles. The molecule has 0 radical (unpaired) electrons. The molecular weight excluding hydrogens is 286 g/mol. The fourth-order valence-corrected chi connectivity index (χ4v) is 2.35. The van der Waals surface area contributed by atoms with Gasteiger partial charge in [0, 0.05) is 10.0 Å². The number of rotatable bonds is 2. The van der Waals surface area contributed by atoms with E-state index in [0.29, 0.717) is 5.56 Å². The van der Waals surface area contributed by atoms with E-state index in [1.807, 2.05) is 19.1 Å². The summed E-state index contributed by atoms with van der Waals surface area (Å²) in [5.74, 6) is -0.531. The SMILES string of the molecule is COC(=O)CN1C(=O)c2cc(Br)ccc2[C@H]1C. The van der Waals surface area contributed by atoms with Crippen molar-refractivity contribution < 1.29 is 14.3 Å². The molecule has 1 atom stereocenters. The molecule has 4 nitrogen and oxygen atoms in total. The molecular formula is C12H12BrNO3. The van der Waals surface area contributed by atoms with Crippen LogP contribution in [0.3, 0.4) is 0 Å². The van der Waals surface area contributed by atoms with Gasteiger partial charge in [-0.3, -0.25) is 9.59 Å². The zero-order chi connectivity index (χ0) is 12.6. The van der Waals surface area contributed by atoms with Crippen LogP contribution in [0.15, 0.2) is 22.7 Å². The van der Waals surface area contributed by atoms with E-state index in [1.165, 1.54) is 12.0 Å². The molecule has 5 heteroatoms. The van der Waals surface area contributed by atoms with Crippen LogP contribution in [0, 0.1) is 0 Å². The van der Waals surface area contributed by atoms with Crippen LogP contribution in [0.5, 0.6) is 0 Å². The largest absolute Gasteiger partial charge is 0.468 e. The molecule has 1 amide bonds. The normalized spacial score (nSPS) is 18.2. The van der Waals surface area contributed by atoms with Crippen molar-refractivity contribution in [2.75, 3.05) is 13.7 Å². The van der Waals surface area contributed by atoms with Gasteiger partial charge in [-0.1, -0.05) is 22.0 Å². The quantitative estimate of drug-likeness (QED) is 0.786. The van der Waals surface area contributed by atoms with Crippen LogP contribution >= 0.6 is 15.9 Å². The Morgan fingerprint density at radius 2 is 2.24 bits per heavy atom. The molecule has 0 saturated carbocycles. The van der Waals surface area contributed by atoms with Crippen LogP contribution < -0.4 is 0 Å². The number of benzene rings is 1. The van der Waals surface area contributed by atoms with E-state index in [-0.39, 0.29) is 18.5 Å². The van der Waals surface area contributed by atoms with Crippen LogP contribution in [-0.2, 0) is 9.53 Å². The van der Waals surface area contributed by atoms with Crippen molar-refractivity contribution in [3.8, 4) is 0 Å². The molecule has 0 fully saturated rings. The summed E-state index contributed by atoms with van der Waals surface area (Å²) in [7, 11) is 1.32. The lowest BCUT2D eigenvalue weighted by atomic mass is 10.1. The standard InChI is InChI=1S/C12H12BrNO3/c1-7-9-4-3-8(13)5-10(9)12(16)14(7)6-11(15)17-2/h3-5,7H,6H2,1-2H3/t7-/m1/s1.